The molecular formula is C13H23ClO. The van der Waals surface area contributed by atoms with Crippen LogP contribution in [0.3, 0.4) is 0 Å². The van der Waals surface area contributed by atoms with E-state index in [1.54, 1.807) is 0 Å². The fraction of sp³-hybridized carbons (Fsp3) is 1.00. The molecule has 0 radical (unpaired) electrons. The lowest BCUT2D eigenvalue weighted by atomic mass is 9.75. The van der Waals surface area contributed by atoms with Crippen molar-refractivity contribution in [3.05, 3.63) is 0 Å². The molecule has 0 spiro atoms. The summed E-state index contributed by atoms with van der Waals surface area (Å²) >= 11 is 6.15. The van der Waals surface area contributed by atoms with Gasteiger partial charge in [0.2, 0.25) is 0 Å². The van der Waals surface area contributed by atoms with Gasteiger partial charge in [0.1, 0.15) is 0 Å². The molecule has 1 aliphatic carbocycles. The lowest BCUT2D eigenvalue weighted by molar-refractivity contribution is -0.0875. The molecule has 15 heavy (non-hydrogen) atoms. The van der Waals surface area contributed by atoms with Gasteiger partial charge in [0.25, 0.3) is 0 Å². The minimum absolute atomic E-state index is 0.0128. The predicted octanol–water partition coefficient (Wildman–Crippen LogP) is 4.13. The Hall–Kier alpha value is 0.250. The lowest BCUT2D eigenvalue weighted by Crippen LogP contribution is -2.42. The molecule has 2 heteroatoms. The van der Waals surface area contributed by atoms with Gasteiger partial charge < -0.3 is 4.74 Å². The summed E-state index contributed by atoms with van der Waals surface area (Å²) < 4.78 is 6.01. The third-order valence-corrected chi connectivity index (χ3v) is 4.73. The summed E-state index contributed by atoms with van der Waals surface area (Å²) in [6, 6.07) is 0. The van der Waals surface area contributed by atoms with E-state index < -0.39 is 0 Å². The first-order valence-electron chi connectivity index (χ1n) is 6.38. The minimum atomic E-state index is 0.0128. The number of hydrogen-bond donors (Lipinski definition) is 0. The van der Waals surface area contributed by atoms with Crippen molar-refractivity contribution in [3.8, 4) is 0 Å². The summed E-state index contributed by atoms with van der Waals surface area (Å²) in [6.07, 6.45) is 10.4. The van der Waals surface area contributed by atoms with Gasteiger partial charge in [-0.05, 0) is 43.9 Å². The predicted molar refractivity (Wildman–Crippen MR) is 64.4 cm³/mol. The van der Waals surface area contributed by atoms with E-state index in [9.17, 15) is 0 Å². The highest BCUT2D eigenvalue weighted by Crippen LogP contribution is 2.46. The Bertz CT molecular complexity index is 203. The Kier molecular flexibility index (Phi) is 3.62. The van der Waals surface area contributed by atoms with Crippen LogP contribution >= 0.6 is 11.6 Å². The van der Waals surface area contributed by atoms with Crippen molar-refractivity contribution in [2.24, 2.45) is 5.41 Å². The monoisotopic (exact) mass is 230 g/mol. The molecule has 1 nitrogen and oxygen atoms in total. The van der Waals surface area contributed by atoms with E-state index in [0.29, 0.717) is 11.3 Å². The van der Waals surface area contributed by atoms with Gasteiger partial charge in [-0.25, -0.2) is 0 Å². The standard InChI is InChI=1S/C13H23ClO/c1-12(6-2-3-7-12)10-13(11-14)8-4-5-9-15-13/h2-11H2,1H3. The van der Waals surface area contributed by atoms with Gasteiger partial charge in [0.05, 0.1) is 11.5 Å². The molecule has 0 aromatic carbocycles. The maximum atomic E-state index is 6.15. The number of hydrogen-bond acceptors (Lipinski definition) is 1. The molecule has 0 bridgehead atoms. The highest BCUT2D eigenvalue weighted by Gasteiger charge is 2.41. The van der Waals surface area contributed by atoms with Crippen LogP contribution in [0.4, 0.5) is 0 Å². The molecule has 1 aliphatic heterocycles. The van der Waals surface area contributed by atoms with Gasteiger partial charge in [-0.2, -0.15) is 0 Å². The second-order valence-corrected chi connectivity index (χ2v) is 6.08. The van der Waals surface area contributed by atoms with Crippen LogP contribution in [0.15, 0.2) is 0 Å². The molecule has 0 aromatic heterocycles. The summed E-state index contributed by atoms with van der Waals surface area (Å²) in [5.41, 5.74) is 0.519. The summed E-state index contributed by atoms with van der Waals surface area (Å²) in [5.74, 6) is 0.683. The Labute approximate surface area is 98.5 Å². The second-order valence-electron chi connectivity index (χ2n) is 5.82. The van der Waals surface area contributed by atoms with E-state index in [0.717, 1.165) is 6.61 Å². The number of ether oxygens (including phenoxy) is 1. The Morgan fingerprint density at radius 3 is 2.27 bits per heavy atom. The number of halogens is 1. The zero-order valence-corrected chi connectivity index (χ0v) is 10.6. The van der Waals surface area contributed by atoms with Crippen molar-refractivity contribution in [2.75, 3.05) is 12.5 Å². The van der Waals surface area contributed by atoms with Gasteiger partial charge in [-0.15, -0.1) is 11.6 Å². The van der Waals surface area contributed by atoms with Crippen LogP contribution in [0.1, 0.15) is 58.3 Å². The van der Waals surface area contributed by atoms with E-state index >= 15 is 0 Å². The topological polar surface area (TPSA) is 9.23 Å². The SMILES string of the molecule is CC1(CC2(CCl)CCCCO2)CCCC1. The van der Waals surface area contributed by atoms with E-state index in [2.05, 4.69) is 6.92 Å². The first kappa shape index (κ1) is 11.7. The van der Waals surface area contributed by atoms with Crippen LogP contribution in [0.25, 0.3) is 0 Å². The van der Waals surface area contributed by atoms with Gasteiger partial charge in [-0.3, -0.25) is 0 Å². The van der Waals surface area contributed by atoms with Crippen molar-refractivity contribution in [1.82, 2.24) is 0 Å². The fourth-order valence-corrected chi connectivity index (χ4v) is 3.69. The molecule has 2 rings (SSSR count). The zero-order chi connectivity index (χ0) is 10.8. The third-order valence-electron chi connectivity index (χ3n) is 4.24. The largest absolute Gasteiger partial charge is 0.374 e. The molecule has 1 saturated carbocycles. The van der Waals surface area contributed by atoms with E-state index in [-0.39, 0.29) is 5.60 Å². The molecule has 1 saturated heterocycles. The Balaban J connectivity index is 1.99. The van der Waals surface area contributed by atoms with Gasteiger partial charge in [0, 0.05) is 6.61 Å². The molecule has 2 fully saturated rings. The summed E-state index contributed by atoms with van der Waals surface area (Å²) in [4.78, 5) is 0. The first-order valence-corrected chi connectivity index (χ1v) is 6.92. The quantitative estimate of drug-likeness (QED) is 0.663. The Morgan fingerprint density at radius 1 is 1.07 bits per heavy atom. The summed E-state index contributed by atoms with van der Waals surface area (Å²) in [7, 11) is 0. The van der Waals surface area contributed by atoms with Gasteiger partial charge in [0.15, 0.2) is 0 Å². The first-order chi connectivity index (χ1) is 7.18. The van der Waals surface area contributed by atoms with Gasteiger partial charge >= 0.3 is 0 Å². The van der Waals surface area contributed by atoms with Crippen LogP contribution < -0.4 is 0 Å². The van der Waals surface area contributed by atoms with Crippen molar-refractivity contribution >= 4 is 11.6 Å². The molecule has 1 atom stereocenters. The van der Waals surface area contributed by atoms with Crippen LogP contribution in [0.2, 0.25) is 0 Å². The average molecular weight is 231 g/mol. The van der Waals surface area contributed by atoms with E-state index in [1.165, 1.54) is 51.4 Å². The molecule has 0 N–H and O–H groups in total. The zero-order valence-electron chi connectivity index (χ0n) is 9.86. The fourth-order valence-electron chi connectivity index (χ4n) is 3.39. The third kappa shape index (κ3) is 2.68. The van der Waals surface area contributed by atoms with E-state index in [1.807, 2.05) is 0 Å². The number of alkyl halides is 1. The molecule has 2 aliphatic rings. The van der Waals surface area contributed by atoms with Crippen LogP contribution in [0, 0.1) is 5.41 Å². The van der Waals surface area contributed by atoms with Crippen LogP contribution in [-0.4, -0.2) is 18.1 Å². The molecular weight excluding hydrogens is 208 g/mol. The van der Waals surface area contributed by atoms with Crippen LogP contribution in [0.5, 0.6) is 0 Å². The lowest BCUT2D eigenvalue weighted by Gasteiger charge is -2.41. The molecule has 0 amide bonds. The summed E-state index contributed by atoms with van der Waals surface area (Å²) in [5, 5.41) is 0. The molecule has 0 aromatic rings. The molecule has 88 valence electrons. The summed E-state index contributed by atoms with van der Waals surface area (Å²) in [6.45, 7) is 3.34. The maximum absolute atomic E-state index is 6.15. The van der Waals surface area contributed by atoms with Crippen molar-refractivity contribution in [3.63, 3.8) is 0 Å². The van der Waals surface area contributed by atoms with Crippen LogP contribution in [-0.2, 0) is 4.74 Å². The normalized spacial score (nSPS) is 35.6. The average Bonchev–Trinajstić information content (AvgIpc) is 2.66. The van der Waals surface area contributed by atoms with Crippen molar-refractivity contribution < 1.29 is 4.74 Å². The smallest absolute Gasteiger partial charge is 0.0822 e. The van der Waals surface area contributed by atoms with Gasteiger partial charge in [-0.1, -0.05) is 19.8 Å². The maximum Gasteiger partial charge on any atom is 0.0822 e. The molecule has 1 heterocycles. The molecule has 1 unspecified atom stereocenters. The highest BCUT2D eigenvalue weighted by molar-refractivity contribution is 6.18. The number of rotatable bonds is 3. The van der Waals surface area contributed by atoms with Crippen molar-refractivity contribution in [1.29, 1.82) is 0 Å². The Morgan fingerprint density at radius 2 is 1.73 bits per heavy atom. The highest BCUT2D eigenvalue weighted by atomic mass is 35.5. The minimum Gasteiger partial charge on any atom is -0.374 e. The van der Waals surface area contributed by atoms with Crippen molar-refractivity contribution in [2.45, 2.75) is 63.9 Å². The second kappa shape index (κ2) is 4.63. The van der Waals surface area contributed by atoms with E-state index in [4.69, 9.17) is 16.3 Å².